The molecule has 0 radical (unpaired) electrons. The van der Waals surface area contributed by atoms with Gasteiger partial charge >= 0.3 is 0 Å². The SMILES string of the molecule is O=C1C[C@H](I)[C@@H]2c3[nH]c4ccccc4c3CCN12. The maximum atomic E-state index is 12.0. The van der Waals surface area contributed by atoms with Crippen molar-refractivity contribution in [2.45, 2.75) is 22.8 Å². The van der Waals surface area contributed by atoms with E-state index >= 15 is 0 Å². The molecule has 0 saturated carbocycles. The van der Waals surface area contributed by atoms with Crippen LogP contribution in [0.1, 0.15) is 23.7 Å². The number of carbonyl (C=O) groups is 1. The van der Waals surface area contributed by atoms with E-state index in [1.54, 1.807) is 0 Å². The van der Waals surface area contributed by atoms with Crippen molar-refractivity contribution < 1.29 is 4.79 Å². The summed E-state index contributed by atoms with van der Waals surface area (Å²) in [7, 11) is 0. The fourth-order valence-electron chi connectivity index (χ4n) is 3.32. The summed E-state index contributed by atoms with van der Waals surface area (Å²) in [5, 5.41) is 1.33. The second kappa shape index (κ2) is 3.73. The van der Waals surface area contributed by atoms with Crippen LogP contribution in [0.25, 0.3) is 10.9 Å². The van der Waals surface area contributed by atoms with Crippen molar-refractivity contribution in [3.8, 4) is 0 Å². The molecule has 4 rings (SSSR count). The Kier molecular flexibility index (Phi) is 2.24. The van der Waals surface area contributed by atoms with E-state index in [0.29, 0.717) is 16.3 Å². The zero-order valence-electron chi connectivity index (χ0n) is 9.82. The monoisotopic (exact) mass is 352 g/mol. The molecule has 1 aromatic heterocycles. The minimum Gasteiger partial charge on any atom is -0.356 e. The molecule has 1 N–H and O–H groups in total. The molecule has 0 bridgehead atoms. The van der Waals surface area contributed by atoms with E-state index in [1.807, 2.05) is 0 Å². The summed E-state index contributed by atoms with van der Waals surface area (Å²) in [6.45, 7) is 0.873. The number of aromatic amines is 1. The smallest absolute Gasteiger partial charge is 0.224 e. The molecular formula is C14H13IN2O. The standard InChI is InChI=1S/C14H13IN2O/c15-10-7-12(18)17-6-5-9-8-3-1-2-4-11(8)16-13(9)14(10)17/h1-4,10,14,16H,5-7H2/t10-,14+/m0/s1. The van der Waals surface area contributed by atoms with Gasteiger partial charge in [-0.25, -0.2) is 0 Å². The Balaban J connectivity index is 1.95. The van der Waals surface area contributed by atoms with E-state index in [1.165, 1.54) is 22.2 Å². The number of H-pyrrole nitrogens is 1. The van der Waals surface area contributed by atoms with Crippen LogP contribution in [0.2, 0.25) is 0 Å². The van der Waals surface area contributed by atoms with E-state index < -0.39 is 0 Å². The summed E-state index contributed by atoms with van der Waals surface area (Å²) < 4.78 is 0.391. The molecule has 2 aliphatic heterocycles. The maximum absolute atomic E-state index is 12.0. The molecule has 2 aliphatic rings. The first-order valence-corrected chi connectivity index (χ1v) is 7.53. The van der Waals surface area contributed by atoms with Crippen molar-refractivity contribution >= 4 is 39.4 Å². The van der Waals surface area contributed by atoms with Gasteiger partial charge in [-0.05, 0) is 18.1 Å². The van der Waals surface area contributed by atoms with Gasteiger partial charge in [0.1, 0.15) is 0 Å². The van der Waals surface area contributed by atoms with E-state index in [9.17, 15) is 4.79 Å². The van der Waals surface area contributed by atoms with Crippen molar-refractivity contribution in [3.63, 3.8) is 0 Å². The topological polar surface area (TPSA) is 36.1 Å². The molecule has 1 aromatic carbocycles. The fourth-order valence-corrected chi connectivity index (χ4v) is 4.45. The Morgan fingerprint density at radius 1 is 1.33 bits per heavy atom. The van der Waals surface area contributed by atoms with Crippen LogP contribution in [0, 0.1) is 0 Å². The number of carbonyl (C=O) groups excluding carboxylic acids is 1. The van der Waals surface area contributed by atoms with Crippen molar-refractivity contribution in [1.82, 2.24) is 9.88 Å². The molecule has 1 amide bonds. The third kappa shape index (κ3) is 1.32. The molecule has 0 aliphatic carbocycles. The van der Waals surface area contributed by atoms with Gasteiger partial charge in [0.05, 0.1) is 6.04 Å². The van der Waals surface area contributed by atoms with Gasteiger partial charge in [-0.3, -0.25) is 4.79 Å². The highest BCUT2D eigenvalue weighted by Crippen LogP contribution is 2.43. The first-order chi connectivity index (χ1) is 8.75. The Bertz CT molecular complexity index is 648. The molecule has 1 saturated heterocycles. The highest BCUT2D eigenvalue weighted by Gasteiger charge is 2.43. The molecule has 1 fully saturated rings. The van der Waals surface area contributed by atoms with E-state index in [4.69, 9.17) is 0 Å². The van der Waals surface area contributed by atoms with Crippen molar-refractivity contribution in [2.24, 2.45) is 0 Å². The quantitative estimate of drug-likeness (QED) is 0.575. The zero-order valence-corrected chi connectivity index (χ0v) is 12.0. The highest BCUT2D eigenvalue weighted by molar-refractivity contribution is 14.1. The number of amides is 1. The van der Waals surface area contributed by atoms with E-state index in [2.05, 4.69) is 56.7 Å². The number of nitrogens with zero attached hydrogens (tertiary/aromatic N) is 1. The molecule has 4 heteroatoms. The molecule has 3 nitrogen and oxygen atoms in total. The minimum atomic E-state index is 0.259. The molecule has 3 heterocycles. The highest BCUT2D eigenvalue weighted by atomic mass is 127. The Labute approximate surface area is 119 Å². The molecule has 92 valence electrons. The number of hydrogen-bond donors (Lipinski definition) is 1. The lowest BCUT2D eigenvalue weighted by Gasteiger charge is -2.31. The summed E-state index contributed by atoms with van der Waals surface area (Å²) in [5.41, 5.74) is 3.89. The van der Waals surface area contributed by atoms with E-state index in [-0.39, 0.29) is 6.04 Å². The summed E-state index contributed by atoms with van der Waals surface area (Å²) in [5.74, 6) is 0.309. The Morgan fingerprint density at radius 3 is 3.06 bits per heavy atom. The second-order valence-electron chi connectivity index (χ2n) is 5.06. The number of para-hydroxylation sites is 1. The molecule has 2 atom stereocenters. The fraction of sp³-hybridized carbons (Fsp3) is 0.357. The van der Waals surface area contributed by atoms with Crippen molar-refractivity contribution in [3.05, 3.63) is 35.5 Å². The van der Waals surface area contributed by atoms with Crippen LogP contribution in [0.4, 0.5) is 0 Å². The number of aromatic nitrogens is 1. The molecule has 0 unspecified atom stereocenters. The number of hydrogen-bond acceptors (Lipinski definition) is 1. The lowest BCUT2D eigenvalue weighted by atomic mass is 9.98. The summed E-state index contributed by atoms with van der Waals surface area (Å²) in [6, 6.07) is 8.71. The third-order valence-corrected chi connectivity index (χ3v) is 5.24. The molecule has 0 spiro atoms. The number of alkyl halides is 1. The summed E-state index contributed by atoms with van der Waals surface area (Å²) in [4.78, 5) is 17.5. The minimum absolute atomic E-state index is 0.259. The van der Waals surface area contributed by atoms with Gasteiger partial charge in [-0.1, -0.05) is 40.8 Å². The van der Waals surface area contributed by atoms with E-state index in [0.717, 1.165) is 13.0 Å². The van der Waals surface area contributed by atoms with Crippen LogP contribution in [0.5, 0.6) is 0 Å². The lowest BCUT2D eigenvalue weighted by molar-refractivity contribution is -0.129. The number of benzene rings is 1. The Morgan fingerprint density at radius 2 is 2.17 bits per heavy atom. The second-order valence-corrected chi connectivity index (χ2v) is 6.66. The summed E-state index contributed by atoms with van der Waals surface area (Å²) >= 11 is 2.42. The van der Waals surface area contributed by atoms with Gasteiger partial charge in [-0.2, -0.15) is 0 Å². The molecular weight excluding hydrogens is 339 g/mol. The van der Waals surface area contributed by atoms with Crippen LogP contribution in [0.15, 0.2) is 24.3 Å². The first kappa shape index (κ1) is 10.8. The van der Waals surface area contributed by atoms with Crippen LogP contribution in [0.3, 0.4) is 0 Å². The summed E-state index contributed by atoms with van der Waals surface area (Å²) in [6.07, 6.45) is 1.66. The van der Waals surface area contributed by atoms with Crippen LogP contribution >= 0.6 is 22.6 Å². The number of fused-ring (bicyclic) bond motifs is 5. The normalized spacial score (nSPS) is 26.5. The van der Waals surface area contributed by atoms with Gasteiger partial charge in [0.2, 0.25) is 5.91 Å². The predicted molar refractivity (Wildman–Crippen MR) is 78.9 cm³/mol. The van der Waals surface area contributed by atoms with Crippen LogP contribution in [-0.2, 0) is 11.2 Å². The predicted octanol–water partition coefficient (Wildman–Crippen LogP) is 2.80. The number of halogens is 1. The van der Waals surface area contributed by atoms with Crippen molar-refractivity contribution in [2.75, 3.05) is 6.54 Å². The average molecular weight is 352 g/mol. The van der Waals surface area contributed by atoms with Gasteiger partial charge < -0.3 is 9.88 Å². The number of nitrogens with one attached hydrogen (secondary N) is 1. The van der Waals surface area contributed by atoms with Crippen LogP contribution < -0.4 is 0 Å². The lowest BCUT2D eigenvalue weighted by Crippen LogP contribution is -2.35. The van der Waals surface area contributed by atoms with Gasteiger partial charge in [0.15, 0.2) is 0 Å². The Hall–Kier alpha value is -1.04. The largest absolute Gasteiger partial charge is 0.356 e. The van der Waals surface area contributed by atoms with Gasteiger partial charge in [0.25, 0.3) is 0 Å². The van der Waals surface area contributed by atoms with Crippen molar-refractivity contribution in [1.29, 1.82) is 0 Å². The number of rotatable bonds is 0. The first-order valence-electron chi connectivity index (χ1n) is 6.29. The molecule has 18 heavy (non-hydrogen) atoms. The third-order valence-electron chi connectivity index (χ3n) is 4.11. The average Bonchev–Trinajstić information content (AvgIpc) is 2.88. The van der Waals surface area contributed by atoms with Gasteiger partial charge in [-0.15, -0.1) is 0 Å². The zero-order chi connectivity index (χ0) is 12.3. The maximum Gasteiger partial charge on any atom is 0.224 e. The van der Waals surface area contributed by atoms with Crippen LogP contribution in [-0.4, -0.2) is 26.3 Å². The van der Waals surface area contributed by atoms with Gasteiger partial charge in [0, 0.05) is 33.5 Å². The molecule has 2 aromatic rings.